The SMILES string of the molecule is CCCCCCCCNC(=O)c1ccc(/N=C(/Nc2ccc(C(=O)NCCCCCCCC)cc2)c2ccccc2)cc1. The molecule has 0 spiro atoms. The van der Waals surface area contributed by atoms with Gasteiger partial charge in [-0.3, -0.25) is 9.59 Å². The molecular formula is C37H50N4O2. The molecule has 0 atom stereocenters. The second-order valence-corrected chi connectivity index (χ2v) is 11.1. The Morgan fingerprint density at radius 3 is 1.51 bits per heavy atom. The van der Waals surface area contributed by atoms with E-state index in [4.69, 9.17) is 4.99 Å². The average molecular weight is 583 g/mol. The summed E-state index contributed by atoms with van der Waals surface area (Å²) in [6, 6.07) is 24.7. The Morgan fingerprint density at radius 2 is 1.00 bits per heavy atom. The first-order chi connectivity index (χ1) is 21.1. The van der Waals surface area contributed by atoms with Crippen LogP contribution in [0.4, 0.5) is 11.4 Å². The molecule has 0 aliphatic heterocycles. The summed E-state index contributed by atoms with van der Waals surface area (Å²) in [5, 5.41) is 9.48. The molecule has 0 aliphatic carbocycles. The Balaban J connectivity index is 1.56. The van der Waals surface area contributed by atoms with Crippen molar-refractivity contribution < 1.29 is 9.59 Å². The highest BCUT2D eigenvalue weighted by atomic mass is 16.2. The van der Waals surface area contributed by atoms with Crippen LogP contribution in [0, 0.1) is 0 Å². The summed E-state index contributed by atoms with van der Waals surface area (Å²) in [5.74, 6) is 0.580. The number of rotatable bonds is 19. The molecule has 3 N–H and O–H groups in total. The molecule has 0 aromatic heterocycles. The number of benzene rings is 3. The summed E-state index contributed by atoms with van der Waals surface area (Å²) in [4.78, 5) is 30.0. The standard InChI is InChI=1S/C37H50N4O2/c1-3-5-7-9-11-16-28-38-36(42)31-20-24-33(25-21-31)40-35(30-18-14-13-15-19-30)41-34-26-22-32(23-27-34)37(43)39-29-17-12-10-8-6-4-2/h13-15,18-27H,3-12,16-17,28-29H2,1-2H3,(H,38,42)(H,39,43)(H,40,41). The summed E-state index contributed by atoms with van der Waals surface area (Å²) < 4.78 is 0. The fourth-order valence-electron chi connectivity index (χ4n) is 4.84. The molecule has 2 amide bonds. The van der Waals surface area contributed by atoms with Crippen LogP contribution in [-0.4, -0.2) is 30.7 Å². The minimum absolute atomic E-state index is 0.0480. The van der Waals surface area contributed by atoms with Gasteiger partial charge in [-0.15, -0.1) is 0 Å². The van der Waals surface area contributed by atoms with Crippen molar-refractivity contribution in [1.82, 2.24) is 10.6 Å². The van der Waals surface area contributed by atoms with Crippen molar-refractivity contribution in [2.45, 2.75) is 90.9 Å². The number of nitrogens with zero attached hydrogens (tertiary/aromatic N) is 1. The molecule has 3 rings (SSSR count). The van der Waals surface area contributed by atoms with Crippen molar-refractivity contribution in [3.05, 3.63) is 95.6 Å². The third-order valence-corrected chi connectivity index (χ3v) is 7.46. The van der Waals surface area contributed by atoms with Crippen LogP contribution in [0.2, 0.25) is 0 Å². The summed E-state index contributed by atoms with van der Waals surface area (Å²) >= 11 is 0. The van der Waals surface area contributed by atoms with Crippen LogP contribution >= 0.6 is 0 Å². The van der Waals surface area contributed by atoms with Gasteiger partial charge in [-0.25, -0.2) is 4.99 Å². The minimum Gasteiger partial charge on any atom is -0.352 e. The topological polar surface area (TPSA) is 82.6 Å². The molecule has 0 saturated carbocycles. The second kappa shape index (κ2) is 20.1. The molecule has 43 heavy (non-hydrogen) atoms. The molecule has 0 aliphatic rings. The predicted molar refractivity (Wildman–Crippen MR) is 181 cm³/mol. The van der Waals surface area contributed by atoms with Crippen LogP contribution in [0.15, 0.2) is 83.9 Å². The molecule has 0 radical (unpaired) electrons. The Hall–Kier alpha value is -3.93. The maximum atomic E-state index is 12.6. The van der Waals surface area contributed by atoms with Gasteiger partial charge in [-0.1, -0.05) is 108 Å². The smallest absolute Gasteiger partial charge is 0.251 e. The Morgan fingerprint density at radius 1 is 0.535 bits per heavy atom. The molecular weight excluding hydrogens is 532 g/mol. The van der Waals surface area contributed by atoms with E-state index in [1.807, 2.05) is 78.9 Å². The summed E-state index contributed by atoms with van der Waals surface area (Å²) in [6.45, 7) is 5.84. The average Bonchev–Trinajstić information content (AvgIpc) is 3.04. The summed E-state index contributed by atoms with van der Waals surface area (Å²) in [6.07, 6.45) is 14.4. The number of unbranched alkanes of at least 4 members (excludes halogenated alkanes) is 10. The number of carbonyl (C=O) groups is 2. The molecule has 6 nitrogen and oxygen atoms in total. The van der Waals surface area contributed by atoms with Crippen molar-refractivity contribution in [3.63, 3.8) is 0 Å². The van der Waals surface area contributed by atoms with Gasteiger partial charge in [0.25, 0.3) is 11.8 Å². The highest BCUT2D eigenvalue weighted by Gasteiger charge is 2.09. The largest absolute Gasteiger partial charge is 0.352 e. The van der Waals surface area contributed by atoms with E-state index in [9.17, 15) is 9.59 Å². The van der Waals surface area contributed by atoms with Crippen LogP contribution < -0.4 is 16.0 Å². The van der Waals surface area contributed by atoms with Gasteiger partial charge in [-0.2, -0.15) is 0 Å². The van der Waals surface area contributed by atoms with Crippen LogP contribution in [-0.2, 0) is 0 Å². The second-order valence-electron chi connectivity index (χ2n) is 11.1. The monoisotopic (exact) mass is 582 g/mol. The number of amidine groups is 1. The van der Waals surface area contributed by atoms with Gasteiger partial charge in [0.15, 0.2) is 0 Å². The van der Waals surface area contributed by atoms with Crippen molar-refractivity contribution >= 4 is 29.0 Å². The number of hydrogen-bond acceptors (Lipinski definition) is 3. The zero-order valence-corrected chi connectivity index (χ0v) is 26.2. The quantitative estimate of drug-likeness (QED) is 0.0749. The van der Waals surface area contributed by atoms with Gasteiger partial charge < -0.3 is 16.0 Å². The number of aliphatic imine (C=N–C) groups is 1. The van der Waals surface area contributed by atoms with Crippen molar-refractivity contribution in [2.24, 2.45) is 4.99 Å². The molecule has 0 saturated heterocycles. The van der Waals surface area contributed by atoms with Gasteiger partial charge in [-0.05, 0) is 61.4 Å². The molecule has 0 unspecified atom stereocenters. The highest BCUT2D eigenvalue weighted by molar-refractivity contribution is 6.09. The lowest BCUT2D eigenvalue weighted by Gasteiger charge is -2.12. The van der Waals surface area contributed by atoms with E-state index in [1.165, 1.54) is 51.4 Å². The fraction of sp³-hybridized carbons (Fsp3) is 0.432. The summed E-state index contributed by atoms with van der Waals surface area (Å²) in [7, 11) is 0. The minimum atomic E-state index is -0.0541. The molecule has 0 fully saturated rings. The summed E-state index contributed by atoms with van der Waals surface area (Å²) in [5.41, 5.74) is 3.78. The molecule has 3 aromatic rings. The van der Waals surface area contributed by atoms with E-state index in [1.54, 1.807) is 0 Å². The molecule has 0 heterocycles. The normalized spacial score (nSPS) is 11.3. The maximum Gasteiger partial charge on any atom is 0.251 e. The van der Waals surface area contributed by atoms with Crippen LogP contribution in [0.1, 0.15) is 117 Å². The predicted octanol–water partition coefficient (Wildman–Crippen LogP) is 9.06. The van der Waals surface area contributed by atoms with Crippen molar-refractivity contribution in [1.29, 1.82) is 0 Å². The first-order valence-electron chi connectivity index (χ1n) is 16.3. The van der Waals surface area contributed by atoms with Crippen LogP contribution in [0.25, 0.3) is 0 Å². The first kappa shape index (κ1) is 33.6. The number of hydrogen-bond donors (Lipinski definition) is 3. The number of nitrogens with one attached hydrogen (secondary N) is 3. The van der Waals surface area contributed by atoms with Gasteiger partial charge in [0, 0.05) is 35.5 Å². The Bertz CT molecular complexity index is 1240. The Kier molecular flexibility index (Phi) is 15.7. The first-order valence-corrected chi connectivity index (χ1v) is 16.3. The third kappa shape index (κ3) is 12.9. The number of amides is 2. The van der Waals surface area contributed by atoms with E-state index >= 15 is 0 Å². The van der Waals surface area contributed by atoms with Crippen LogP contribution in [0.5, 0.6) is 0 Å². The van der Waals surface area contributed by atoms with Crippen molar-refractivity contribution in [2.75, 3.05) is 18.4 Å². The van der Waals surface area contributed by atoms with Gasteiger partial charge in [0.1, 0.15) is 5.84 Å². The highest BCUT2D eigenvalue weighted by Crippen LogP contribution is 2.18. The van der Waals surface area contributed by atoms with E-state index in [0.29, 0.717) is 30.1 Å². The van der Waals surface area contributed by atoms with E-state index in [2.05, 4.69) is 29.8 Å². The lowest BCUT2D eigenvalue weighted by Crippen LogP contribution is -2.24. The van der Waals surface area contributed by atoms with Gasteiger partial charge >= 0.3 is 0 Å². The van der Waals surface area contributed by atoms with Crippen molar-refractivity contribution in [3.8, 4) is 0 Å². The molecule has 6 heteroatoms. The lowest BCUT2D eigenvalue weighted by molar-refractivity contribution is 0.0944. The Labute approximate surface area is 258 Å². The zero-order chi connectivity index (χ0) is 30.5. The number of anilines is 1. The van der Waals surface area contributed by atoms with E-state index < -0.39 is 0 Å². The molecule has 0 bridgehead atoms. The number of carbonyl (C=O) groups excluding carboxylic acids is 2. The zero-order valence-electron chi connectivity index (χ0n) is 26.2. The molecule has 230 valence electrons. The lowest BCUT2D eigenvalue weighted by atomic mass is 10.1. The van der Waals surface area contributed by atoms with E-state index in [-0.39, 0.29) is 11.8 Å². The molecule has 3 aromatic carbocycles. The fourth-order valence-corrected chi connectivity index (χ4v) is 4.84. The third-order valence-electron chi connectivity index (χ3n) is 7.46. The van der Waals surface area contributed by atoms with Gasteiger partial charge in [0.2, 0.25) is 0 Å². The van der Waals surface area contributed by atoms with E-state index in [0.717, 1.165) is 42.6 Å². The van der Waals surface area contributed by atoms with Crippen LogP contribution in [0.3, 0.4) is 0 Å². The van der Waals surface area contributed by atoms with Gasteiger partial charge in [0.05, 0.1) is 5.69 Å². The maximum absolute atomic E-state index is 12.6.